The van der Waals surface area contributed by atoms with Gasteiger partial charge in [-0.15, -0.1) is 0 Å². The maximum absolute atomic E-state index is 5.61. The van der Waals surface area contributed by atoms with Crippen LogP contribution >= 0.6 is 0 Å². The van der Waals surface area contributed by atoms with Gasteiger partial charge < -0.3 is 10.5 Å². The van der Waals surface area contributed by atoms with E-state index in [4.69, 9.17) is 10.5 Å². The molecule has 4 heteroatoms. The van der Waals surface area contributed by atoms with Crippen LogP contribution in [0.5, 0.6) is 5.75 Å². The summed E-state index contributed by atoms with van der Waals surface area (Å²) in [6.45, 7) is 1.15. The van der Waals surface area contributed by atoms with Crippen molar-refractivity contribution < 1.29 is 4.74 Å². The minimum atomic E-state index is 0.461. The Morgan fingerprint density at radius 2 is 1.94 bits per heavy atom. The lowest BCUT2D eigenvalue weighted by molar-refractivity contribution is 0.309. The number of aryl methyl sites for hydroxylation is 1. The van der Waals surface area contributed by atoms with Gasteiger partial charge in [0, 0.05) is 18.9 Å². The fourth-order valence-electron chi connectivity index (χ4n) is 1.63. The van der Waals surface area contributed by atoms with E-state index < -0.39 is 0 Å². The van der Waals surface area contributed by atoms with E-state index >= 15 is 0 Å². The summed E-state index contributed by atoms with van der Waals surface area (Å²) in [5, 5.41) is 0. The molecule has 0 spiro atoms. The van der Waals surface area contributed by atoms with Crippen LogP contribution in [0, 0.1) is 0 Å². The summed E-state index contributed by atoms with van der Waals surface area (Å²) in [5.74, 6) is 0.793. The van der Waals surface area contributed by atoms with Crippen LogP contribution in [0.3, 0.4) is 0 Å². The quantitative estimate of drug-likeness (QED) is 0.788. The molecule has 0 amide bonds. The van der Waals surface area contributed by atoms with Crippen molar-refractivity contribution in [2.24, 2.45) is 5.73 Å². The molecule has 2 rings (SSSR count). The molecule has 0 fully saturated rings. The van der Waals surface area contributed by atoms with E-state index in [0.717, 1.165) is 24.3 Å². The lowest BCUT2D eigenvalue weighted by Crippen LogP contribution is -2.02. The van der Waals surface area contributed by atoms with E-state index in [1.807, 2.05) is 36.7 Å². The molecule has 2 N–H and O–H groups in total. The number of ether oxygens (including phenoxy) is 1. The number of nitrogens with two attached hydrogens (primary N) is 1. The molecule has 18 heavy (non-hydrogen) atoms. The largest absolute Gasteiger partial charge is 0.492 e. The highest BCUT2D eigenvalue weighted by Gasteiger charge is 1.96. The van der Waals surface area contributed by atoms with E-state index in [0.29, 0.717) is 13.2 Å². The van der Waals surface area contributed by atoms with Gasteiger partial charge in [-0.3, -0.25) is 9.97 Å². The van der Waals surface area contributed by atoms with Crippen LogP contribution in [-0.2, 0) is 13.0 Å². The monoisotopic (exact) mass is 243 g/mol. The zero-order valence-corrected chi connectivity index (χ0v) is 10.2. The summed E-state index contributed by atoms with van der Waals surface area (Å²) in [4.78, 5) is 8.16. The lowest BCUT2D eigenvalue weighted by atomic mass is 10.1. The Morgan fingerprint density at radius 1 is 1.11 bits per heavy atom. The normalized spacial score (nSPS) is 10.3. The third-order valence-corrected chi connectivity index (χ3v) is 2.63. The summed E-state index contributed by atoms with van der Waals surface area (Å²) >= 11 is 0. The molecule has 0 saturated carbocycles. The highest BCUT2D eigenvalue weighted by Crippen LogP contribution is 2.10. The van der Waals surface area contributed by atoms with Gasteiger partial charge in [0.1, 0.15) is 5.75 Å². The first-order valence-electron chi connectivity index (χ1n) is 6.05. The predicted octanol–water partition coefficient (Wildman–Crippen LogP) is 1.95. The third kappa shape index (κ3) is 3.82. The highest BCUT2D eigenvalue weighted by molar-refractivity contribution is 5.19. The average molecular weight is 243 g/mol. The van der Waals surface area contributed by atoms with Crippen molar-refractivity contribution in [1.29, 1.82) is 0 Å². The number of hydrogen-bond donors (Lipinski definition) is 1. The SMILES string of the molecule is NCc1ccc(OCCCc2ccncc2)cn1. The van der Waals surface area contributed by atoms with Crippen molar-refractivity contribution >= 4 is 0 Å². The average Bonchev–Trinajstić information content (AvgIpc) is 2.45. The molecule has 4 nitrogen and oxygen atoms in total. The standard InChI is InChI=1S/C14H17N3O/c15-10-13-3-4-14(11-17-13)18-9-1-2-12-5-7-16-8-6-12/h3-8,11H,1-2,9-10,15H2. The number of nitrogens with zero attached hydrogens (tertiary/aromatic N) is 2. The fraction of sp³-hybridized carbons (Fsp3) is 0.286. The molecule has 0 aliphatic rings. The van der Waals surface area contributed by atoms with E-state index in [1.54, 1.807) is 6.20 Å². The van der Waals surface area contributed by atoms with Crippen LogP contribution < -0.4 is 10.5 Å². The second kappa shape index (κ2) is 6.71. The molecule has 0 aliphatic heterocycles. The van der Waals surface area contributed by atoms with Crippen LogP contribution in [0.4, 0.5) is 0 Å². The van der Waals surface area contributed by atoms with Crippen LogP contribution in [0.1, 0.15) is 17.7 Å². The molecule has 2 aromatic heterocycles. The summed E-state index contributed by atoms with van der Waals surface area (Å²) in [6.07, 6.45) is 7.31. The molecule has 0 saturated heterocycles. The number of rotatable bonds is 6. The maximum Gasteiger partial charge on any atom is 0.137 e. The Bertz CT molecular complexity index is 456. The zero-order chi connectivity index (χ0) is 12.6. The molecule has 0 aromatic carbocycles. The van der Waals surface area contributed by atoms with Crippen LogP contribution in [-0.4, -0.2) is 16.6 Å². The van der Waals surface area contributed by atoms with Crippen molar-refractivity contribution in [1.82, 2.24) is 9.97 Å². The molecule has 0 bridgehead atoms. The molecule has 2 heterocycles. The topological polar surface area (TPSA) is 61.0 Å². The van der Waals surface area contributed by atoms with Crippen molar-refractivity contribution in [2.75, 3.05) is 6.61 Å². The number of hydrogen-bond acceptors (Lipinski definition) is 4. The Labute approximate surface area is 107 Å². The smallest absolute Gasteiger partial charge is 0.137 e. The fourth-order valence-corrected chi connectivity index (χ4v) is 1.63. The van der Waals surface area contributed by atoms with Crippen molar-refractivity contribution in [2.45, 2.75) is 19.4 Å². The van der Waals surface area contributed by atoms with E-state index in [2.05, 4.69) is 9.97 Å². The third-order valence-electron chi connectivity index (χ3n) is 2.63. The van der Waals surface area contributed by atoms with Gasteiger partial charge >= 0.3 is 0 Å². The van der Waals surface area contributed by atoms with Gasteiger partial charge in [0.2, 0.25) is 0 Å². The first-order valence-corrected chi connectivity index (χ1v) is 6.05. The minimum absolute atomic E-state index is 0.461. The van der Waals surface area contributed by atoms with Crippen molar-refractivity contribution in [3.8, 4) is 5.75 Å². The first kappa shape index (κ1) is 12.5. The summed E-state index contributed by atoms with van der Waals surface area (Å²) in [6, 6.07) is 7.84. The summed E-state index contributed by atoms with van der Waals surface area (Å²) in [7, 11) is 0. The van der Waals surface area contributed by atoms with E-state index in [9.17, 15) is 0 Å². The van der Waals surface area contributed by atoms with Crippen LogP contribution in [0.2, 0.25) is 0 Å². The minimum Gasteiger partial charge on any atom is -0.492 e. The molecule has 2 aromatic rings. The van der Waals surface area contributed by atoms with Crippen molar-refractivity contribution in [3.63, 3.8) is 0 Å². The van der Waals surface area contributed by atoms with E-state index in [1.165, 1.54) is 5.56 Å². The molecule has 94 valence electrons. The first-order chi connectivity index (χ1) is 8.88. The molecule has 0 unspecified atom stereocenters. The molecular weight excluding hydrogens is 226 g/mol. The Hall–Kier alpha value is -1.94. The van der Waals surface area contributed by atoms with Gasteiger partial charge in [0.25, 0.3) is 0 Å². The Kier molecular flexibility index (Phi) is 4.67. The van der Waals surface area contributed by atoms with Crippen LogP contribution in [0.15, 0.2) is 42.9 Å². The van der Waals surface area contributed by atoms with Gasteiger partial charge in [-0.1, -0.05) is 0 Å². The molecule has 0 radical (unpaired) electrons. The second-order valence-corrected chi connectivity index (χ2v) is 4.00. The second-order valence-electron chi connectivity index (χ2n) is 4.00. The lowest BCUT2D eigenvalue weighted by Gasteiger charge is -2.06. The van der Waals surface area contributed by atoms with E-state index in [-0.39, 0.29) is 0 Å². The predicted molar refractivity (Wildman–Crippen MR) is 70.2 cm³/mol. The van der Waals surface area contributed by atoms with Gasteiger partial charge in [0.05, 0.1) is 18.5 Å². The number of pyridine rings is 2. The molecular formula is C14H17N3O. The number of aromatic nitrogens is 2. The zero-order valence-electron chi connectivity index (χ0n) is 10.2. The van der Waals surface area contributed by atoms with Gasteiger partial charge in [0.15, 0.2) is 0 Å². The van der Waals surface area contributed by atoms with Crippen LogP contribution in [0.25, 0.3) is 0 Å². The van der Waals surface area contributed by atoms with Gasteiger partial charge in [-0.2, -0.15) is 0 Å². The summed E-state index contributed by atoms with van der Waals surface area (Å²) in [5.41, 5.74) is 7.63. The molecule has 0 atom stereocenters. The molecule has 0 aliphatic carbocycles. The van der Waals surface area contributed by atoms with Crippen molar-refractivity contribution in [3.05, 3.63) is 54.1 Å². The Morgan fingerprint density at radius 3 is 2.61 bits per heavy atom. The Balaban J connectivity index is 1.72. The summed E-state index contributed by atoms with van der Waals surface area (Å²) < 4.78 is 5.61. The highest BCUT2D eigenvalue weighted by atomic mass is 16.5. The maximum atomic E-state index is 5.61. The van der Waals surface area contributed by atoms with Gasteiger partial charge in [-0.05, 0) is 42.7 Å². The van der Waals surface area contributed by atoms with Gasteiger partial charge in [-0.25, -0.2) is 0 Å².